The van der Waals surface area contributed by atoms with Crippen LogP contribution in [0.15, 0.2) is 48.1 Å². The summed E-state index contributed by atoms with van der Waals surface area (Å²) in [6, 6.07) is 10.1. The standard InChI is InChI=1S/C20H21N5OS/c1-14-12-15(2)22-19-18(14)20(24-9-3-4-10-24)23-25(19)13-17(26)21-8-7-16-6-5-11-27-16/h3-6,9-12H,7-8,13H2,1-2H3,(H,21,26). The second-order valence-electron chi connectivity index (χ2n) is 6.53. The molecule has 0 unspecified atom stereocenters. The molecule has 4 aromatic rings. The first-order valence-corrected chi connectivity index (χ1v) is 9.77. The molecule has 0 aliphatic rings. The molecule has 0 spiro atoms. The van der Waals surface area contributed by atoms with Crippen LogP contribution in [0, 0.1) is 13.8 Å². The van der Waals surface area contributed by atoms with Crippen molar-refractivity contribution in [3.8, 4) is 5.82 Å². The molecule has 0 atom stereocenters. The van der Waals surface area contributed by atoms with Gasteiger partial charge in [0, 0.05) is 29.5 Å². The summed E-state index contributed by atoms with van der Waals surface area (Å²) < 4.78 is 3.66. The maximum absolute atomic E-state index is 12.4. The maximum atomic E-state index is 12.4. The lowest BCUT2D eigenvalue weighted by atomic mass is 10.2. The van der Waals surface area contributed by atoms with E-state index in [0.717, 1.165) is 34.5 Å². The molecule has 1 N–H and O–H groups in total. The van der Waals surface area contributed by atoms with E-state index in [9.17, 15) is 4.79 Å². The van der Waals surface area contributed by atoms with Crippen LogP contribution < -0.4 is 5.32 Å². The number of hydrogen-bond donors (Lipinski definition) is 1. The number of thiophene rings is 1. The Hall–Kier alpha value is -2.93. The van der Waals surface area contributed by atoms with Gasteiger partial charge in [-0.3, -0.25) is 4.79 Å². The van der Waals surface area contributed by atoms with E-state index in [1.165, 1.54) is 4.88 Å². The number of carbonyl (C=O) groups is 1. The van der Waals surface area contributed by atoms with Crippen LogP contribution in [0.2, 0.25) is 0 Å². The fraction of sp³-hybridized carbons (Fsp3) is 0.250. The second kappa shape index (κ2) is 7.36. The van der Waals surface area contributed by atoms with E-state index >= 15 is 0 Å². The fourth-order valence-corrected chi connectivity index (χ4v) is 3.94. The van der Waals surface area contributed by atoms with Crippen LogP contribution >= 0.6 is 11.3 Å². The monoisotopic (exact) mass is 379 g/mol. The molecule has 0 aliphatic carbocycles. The predicted octanol–water partition coefficient (Wildman–Crippen LogP) is 3.26. The Bertz CT molecular complexity index is 1060. The zero-order valence-corrected chi connectivity index (χ0v) is 16.2. The largest absolute Gasteiger partial charge is 0.354 e. The average Bonchev–Trinajstić information content (AvgIpc) is 3.36. The van der Waals surface area contributed by atoms with Gasteiger partial charge in [0.05, 0.1) is 5.39 Å². The van der Waals surface area contributed by atoms with E-state index in [-0.39, 0.29) is 12.5 Å². The molecule has 27 heavy (non-hydrogen) atoms. The lowest BCUT2D eigenvalue weighted by molar-refractivity contribution is -0.121. The van der Waals surface area contributed by atoms with Crippen molar-refractivity contribution in [3.63, 3.8) is 0 Å². The highest BCUT2D eigenvalue weighted by atomic mass is 32.1. The van der Waals surface area contributed by atoms with E-state index in [2.05, 4.69) is 23.3 Å². The molecule has 0 aliphatic heterocycles. The number of amides is 1. The smallest absolute Gasteiger partial charge is 0.241 e. The number of nitrogens with zero attached hydrogens (tertiary/aromatic N) is 4. The van der Waals surface area contributed by atoms with Crippen LogP contribution in [0.4, 0.5) is 0 Å². The number of aryl methyl sites for hydroxylation is 2. The number of rotatable bonds is 6. The fourth-order valence-electron chi connectivity index (χ4n) is 3.23. The molecule has 0 fully saturated rings. The molecule has 0 radical (unpaired) electrons. The number of pyridine rings is 1. The third-order valence-corrected chi connectivity index (χ3v) is 5.36. The van der Waals surface area contributed by atoms with Crippen molar-refractivity contribution in [2.75, 3.05) is 6.54 Å². The number of carbonyl (C=O) groups excluding carboxylic acids is 1. The van der Waals surface area contributed by atoms with Crippen LogP contribution in [0.1, 0.15) is 16.1 Å². The predicted molar refractivity (Wildman–Crippen MR) is 107 cm³/mol. The van der Waals surface area contributed by atoms with Crippen LogP contribution in [-0.2, 0) is 17.8 Å². The molecule has 138 valence electrons. The van der Waals surface area contributed by atoms with Crippen molar-refractivity contribution < 1.29 is 4.79 Å². The highest BCUT2D eigenvalue weighted by Crippen LogP contribution is 2.25. The Labute approximate surface area is 161 Å². The number of aromatic nitrogens is 4. The van der Waals surface area contributed by atoms with E-state index in [1.807, 2.05) is 53.5 Å². The number of nitrogens with one attached hydrogen (secondary N) is 1. The summed E-state index contributed by atoms with van der Waals surface area (Å²) in [5, 5.41) is 10.7. The minimum atomic E-state index is -0.0593. The highest BCUT2D eigenvalue weighted by molar-refractivity contribution is 7.09. The Morgan fingerprint density at radius 1 is 1.22 bits per heavy atom. The Morgan fingerprint density at radius 2 is 2.04 bits per heavy atom. The Morgan fingerprint density at radius 3 is 2.78 bits per heavy atom. The summed E-state index contributed by atoms with van der Waals surface area (Å²) in [5.74, 6) is 0.738. The molecule has 0 aromatic carbocycles. The minimum Gasteiger partial charge on any atom is -0.354 e. The zero-order valence-electron chi connectivity index (χ0n) is 15.3. The van der Waals surface area contributed by atoms with Gasteiger partial charge in [-0.1, -0.05) is 6.07 Å². The first kappa shape index (κ1) is 17.5. The maximum Gasteiger partial charge on any atom is 0.241 e. The molecular formula is C20H21N5OS. The van der Waals surface area contributed by atoms with Gasteiger partial charge in [0.15, 0.2) is 11.5 Å². The van der Waals surface area contributed by atoms with Crippen LogP contribution in [0.5, 0.6) is 0 Å². The van der Waals surface area contributed by atoms with E-state index in [0.29, 0.717) is 6.54 Å². The van der Waals surface area contributed by atoms with Crippen molar-refractivity contribution in [1.29, 1.82) is 0 Å². The van der Waals surface area contributed by atoms with E-state index < -0.39 is 0 Å². The molecule has 4 aromatic heterocycles. The molecule has 0 saturated heterocycles. The summed E-state index contributed by atoms with van der Waals surface area (Å²) in [6.07, 6.45) is 4.74. The SMILES string of the molecule is Cc1cc(C)c2c(-n3cccc3)nn(CC(=O)NCCc3cccs3)c2n1. The molecule has 7 heteroatoms. The van der Waals surface area contributed by atoms with Gasteiger partial charge in [-0.25, -0.2) is 9.67 Å². The second-order valence-corrected chi connectivity index (χ2v) is 7.56. The highest BCUT2D eigenvalue weighted by Gasteiger charge is 2.17. The molecule has 1 amide bonds. The average molecular weight is 379 g/mol. The van der Waals surface area contributed by atoms with Gasteiger partial charge >= 0.3 is 0 Å². The van der Waals surface area contributed by atoms with Crippen LogP contribution in [0.25, 0.3) is 16.9 Å². The van der Waals surface area contributed by atoms with Gasteiger partial charge in [-0.2, -0.15) is 5.10 Å². The van der Waals surface area contributed by atoms with Crippen molar-refractivity contribution in [2.24, 2.45) is 0 Å². The van der Waals surface area contributed by atoms with Crippen LogP contribution in [-0.4, -0.2) is 31.8 Å². The molecule has 0 saturated carbocycles. The van der Waals surface area contributed by atoms with Crippen molar-refractivity contribution in [1.82, 2.24) is 24.6 Å². The van der Waals surface area contributed by atoms with Crippen molar-refractivity contribution >= 4 is 28.3 Å². The van der Waals surface area contributed by atoms with E-state index in [1.54, 1.807) is 16.0 Å². The minimum absolute atomic E-state index is 0.0593. The third kappa shape index (κ3) is 3.64. The normalized spacial score (nSPS) is 11.2. The molecule has 4 rings (SSSR count). The molecule has 0 bridgehead atoms. The number of fused-ring (bicyclic) bond motifs is 1. The summed E-state index contributed by atoms with van der Waals surface area (Å²) in [4.78, 5) is 18.4. The van der Waals surface area contributed by atoms with Crippen molar-refractivity contribution in [3.05, 3.63) is 64.2 Å². The van der Waals surface area contributed by atoms with E-state index in [4.69, 9.17) is 5.10 Å². The van der Waals surface area contributed by atoms with Gasteiger partial charge in [0.2, 0.25) is 5.91 Å². The quantitative estimate of drug-likeness (QED) is 0.559. The van der Waals surface area contributed by atoms with Gasteiger partial charge in [-0.05, 0) is 55.5 Å². The zero-order chi connectivity index (χ0) is 18.8. The van der Waals surface area contributed by atoms with Gasteiger partial charge < -0.3 is 9.88 Å². The summed E-state index contributed by atoms with van der Waals surface area (Å²) in [6.45, 7) is 4.78. The molecule has 4 heterocycles. The van der Waals surface area contributed by atoms with Gasteiger partial charge in [0.25, 0.3) is 0 Å². The molecule has 6 nitrogen and oxygen atoms in total. The van der Waals surface area contributed by atoms with Crippen LogP contribution in [0.3, 0.4) is 0 Å². The topological polar surface area (TPSA) is 64.7 Å². The van der Waals surface area contributed by atoms with Gasteiger partial charge in [-0.15, -0.1) is 11.3 Å². The Kier molecular flexibility index (Phi) is 4.77. The summed E-state index contributed by atoms with van der Waals surface area (Å²) >= 11 is 1.70. The number of hydrogen-bond acceptors (Lipinski definition) is 4. The first-order chi connectivity index (χ1) is 13.1. The summed E-state index contributed by atoms with van der Waals surface area (Å²) in [7, 11) is 0. The lowest BCUT2D eigenvalue weighted by Crippen LogP contribution is -2.29. The Balaban J connectivity index is 1.58. The molecular weight excluding hydrogens is 358 g/mol. The lowest BCUT2D eigenvalue weighted by Gasteiger charge is -2.06. The first-order valence-electron chi connectivity index (χ1n) is 8.89. The summed E-state index contributed by atoms with van der Waals surface area (Å²) in [5.41, 5.74) is 2.76. The van der Waals surface area contributed by atoms with Gasteiger partial charge in [0.1, 0.15) is 6.54 Å². The van der Waals surface area contributed by atoms with Crippen molar-refractivity contribution in [2.45, 2.75) is 26.8 Å². The third-order valence-electron chi connectivity index (χ3n) is 4.43.